The summed E-state index contributed by atoms with van der Waals surface area (Å²) in [6, 6.07) is 14.5. The molecule has 0 fully saturated rings. The largest absolute Gasteiger partial charge is 0.497 e. The zero-order chi connectivity index (χ0) is 16.0. The summed E-state index contributed by atoms with van der Waals surface area (Å²) in [4.78, 5) is 0.139. The van der Waals surface area contributed by atoms with Crippen LogP contribution in [0.2, 0.25) is 0 Å². The minimum Gasteiger partial charge on any atom is -0.497 e. The molecule has 0 atom stereocenters. The van der Waals surface area contributed by atoms with E-state index in [2.05, 4.69) is 5.32 Å². The van der Waals surface area contributed by atoms with Crippen molar-refractivity contribution in [2.24, 2.45) is 5.14 Å². The van der Waals surface area contributed by atoms with E-state index in [-0.39, 0.29) is 17.3 Å². The molecule has 0 aliphatic carbocycles. The van der Waals surface area contributed by atoms with Gasteiger partial charge < -0.3 is 10.1 Å². The van der Waals surface area contributed by atoms with Gasteiger partial charge in [-0.2, -0.15) is 0 Å². The van der Waals surface area contributed by atoms with E-state index in [4.69, 9.17) is 9.88 Å². The second kappa shape index (κ2) is 8.88. The molecule has 0 heterocycles. The van der Waals surface area contributed by atoms with E-state index in [0.29, 0.717) is 0 Å². The lowest BCUT2D eigenvalue weighted by molar-refractivity contribution is 0.414. The highest BCUT2D eigenvalue weighted by atomic mass is 35.5. The quantitative estimate of drug-likeness (QED) is 0.744. The Bertz CT molecular complexity index is 718. The van der Waals surface area contributed by atoms with Crippen molar-refractivity contribution in [2.75, 3.05) is 13.7 Å². The molecule has 2 aromatic carbocycles. The molecule has 2 rings (SSSR count). The van der Waals surface area contributed by atoms with Gasteiger partial charge in [0.1, 0.15) is 5.75 Å². The summed E-state index contributed by atoms with van der Waals surface area (Å²) >= 11 is 0. The van der Waals surface area contributed by atoms with E-state index < -0.39 is 10.0 Å². The lowest BCUT2D eigenvalue weighted by Gasteiger charge is -2.07. The molecule has 7 heteroatoms. The standard InChI is InChI=1S/C16H20N2O3S.ClH/c1-21-15-4-2-3-14(11-15)12-18-10-9-13-5-7-16(8-6-13)22(17,19)20;/h2-8,11,18H,9-10,12H2,1H3,(H2,17,19,20);1H. The van der Waals surface area contributed by atoms with Gasteiger partial charge >= 0.3 is 0 Å². The smallest absolute Gasteiger partial charge is 0.238 e. The molecule has 3 N–H and O–H groups in total. The van der Waals surface area contributed by atoms with E-state index >= 15 is 0 Å². The number of benzene rings is 2. The van der Waals surface area contributed by atoms with Gasteiger partial charge in [0, 0.05) is 6.54 Å². The maximum absolute atomic E-state index is 11.2. The lowest BCUT2D eigenvalue weighted by atomic mass is 10.1. The Balaban J connectivity index is 0.00000264. The zero-order valence-corrected chi connectivity index (χ0v) is 14.5. The minimum atomic E-state index is -3.61. The Morgan fingerprint density at radius 3 is 2.39 bits per heavy atom. The van der Waals surface area contributed by atoms with E-state index in [9.17, 15) is 8.42 Å². The van der Waals surface area contributed by atoms with E-state index in [1.807, 2.05) is 24.3 Å². The van der Waals surface area contributed by atoms with Gasteiger partial charge in [-0.25, -0.2) is 13.6 Å². The highest BCUT2D eigenvalue weighted by Gasteiger charge is 2.06. The fraction of sp³-hybridized carbons (Fsp3) is 0.250. The molecular weight excluding hydrogens is 336 g/mol. The first kappa shape index (κ1) is 19.4. The maximum atomic E-state index is 11.2. The van der Waals surface area contributed by atoms with Crippen molar-refractivity contribution in [2.45, 2.75) is 17.9 Å². The molecule has 0 saturated carbocycles. The van der Waals surface area contributed by atoms with Gasteiger partial charge in [-0.3, -0.25) is 0 Å². The summed E-state index contributed by atoms with van der Waals surface area (Å²) in [5.41, 5.74) is 2.22. The van der Waals surface area contributed by atoms with Crippen LogP contribution in [-0.2, 0) is 23.0 Å². The van der Waals surface area contributed by atoms with Gasteiger partial charge in [0.25, 0.3) is 0 Å². The normalized spacial score (nSPS) is 10.9. The summed E-state index contributed by atoms with van der Waals surface area (Å²) in [5, 5.41) is 8.41. The van der Waals surface area contributed by atoms with Gasteiger partial charge in [0.2, 0.25) is 10.0 Å². The molecule has 0 bridgehead atoms. The molecule has 0 unspecified atom stereocenters. The number of hydrogen-bond acceptors (Lipinski definition) is 4. The Kier molecular flexibility index (Phi) is 7.51. The number of primary sulfonamides is 1. The first-order valence-electron chi connectivity index (χ1n) is 6.94. The van der Waals surface area contributed by atoms with Crippen LogP contribution in [0, 0.1) is 0 Å². The van der Waals surface area contributed by atoms with Crippen molar-refractivity contribution in [1.29, 1.82) is 0 Å². The monoisotopic (exact) mass is 356 g/mol. The molecule has 126 valence electrons. The molecule has 0 saturated heterocycles. The van der Waals surface area contributed by atoms with Crippen LogP contribution >= 0.6 is 12.4 Å². The highest BCUT2D eigenvalue weighted by molar-refractivity contribution is 7.89. The van der Waals surface area contributed by atoms with Crippen LogP contribution < -0.4 is 15.2 Å². The van der Waals surface area contributed by atoms with Crippen LogP contribution in [0.25, 0.3) is 0 Å². The van der Waals surface area contributed by atoms with Crippen molar-refractivity contribution in [1.82, 2.24) is 5.32 Å². The van der Waals surface area contributed by atoms with Crippen molar-refractivity contribution >= 4 is 22.4 Å². The molecule has 0 aliphatic heterocycles. The molecular formula is C16H21ClN2O3S. The number of hydrogen-bond donors (Lipinski definition) is 2. The predicted octanol–water partition coefficient (Wildman–Crippen LogP) is 2.10. The summed E-state index contributed by atoms with van der Waals surface area (Å²) in [7, 11) is -1.96. The van der Waals surface area contributed by atoms with Gasteiger partial charge in [0.05, 0.1) is 12.0 Å². The number of nitrogens with two attached hydrogens (primary N) is 1. The van der Waals surface area contributed by atoms with Crippen molar-refractivity contribution in [3.63, 3.8) is 0 Å². The van der Waals surface area contributed by atoms with Crippen LogP contribution in [-0.4, -0.2) is 22.1 Å². The maximum Gasteiger partial charge on any atom is 0.238 e. The first-order chi connectivity index (χ1) is 10.5. The highest BCUT2D eigenvalue weighted by Crippen LogP contribution is 2.12. The number of sulfonamides is 1. The van der Waals surface area contributed by atoms with Crippen LogP contribution in [0.5, 0.6) is 5.75 Å². The molecule has 2 aromatic rings. The predicted molar refractivity (Wildman–Crippen MR) is 93.5 cm³/mol. The Labute approximate surface area is 143 Å². The number of rotatable bonds is 7. The van der Waals surface area contributed by atoms with Gasteiger partial charge in [0.15, 0.2) is 0 Å². The number of ether oxygens (including phenoxy) is 1. The third-order valence-electron chi connectivity index (χ3n) is 3.31. The molecule has 5 nitrogen and oxygen atoms in total. The molecule has 0 radical (unpaired) electrons. The van der Waals surface area contributed by atoms with Crippen molar-refractivity contribution in [3.05, 3.63) is 59.7 Å². The molecule has 0 aliphatic rings. The summed E-state index contributed by atoms with van der Waals surface area (Å²) in [6.07, 6.45) is 0.814. The topological polar surface area (TPSA) is 81.4 Å². The average molecular weight is 357 g/mol. The summed E-state index contributed by atoms with van der Waals surface area (Å²) in [6.45, 7) is 1.55. The van der Waals surface area contributed by atoms with Gasteiger partial charge in [-0.1, -0.05) is 24.3 Å². The Morgan fingerprint density at radius 2 is 1.78 bits per heavy atom. The third-order valence-corrected chi connectivity index (χ3v) is 4.23. The number of halogens is 1. The van der Waals surface area contributed by atoms with E-state index in [0.717, 1.165) is 36.4 Å². The first-order valence-corrected chi connectivity index (χ1v) is 8.49. The molecule has 0 spiro atoms. The second-order valence-electron chi connectivity index (χ2n) is 4.97. The summed E-state index contributed by atoms with van der Waals surface area (Å²) in [5.74, 6) is 0.845. The zero-order valence-electron chi connectivity index (χ0n) is 12.9. The summed E-state index contributed by atoms with van der Waals surface area (Å²) < 4.78 is 27.5. The molecule has 0 amide bonds. The fourth-order valence-corrected chi connectivity index (χ4v) is 2.61. The fourth-order valence-electron chi connectivity index (χ4n) is 2.09. The van der Waals surface area contributed by atoms with Crippen molar-refractivity contribution in [3.8, 4) is 5.75 Å². The van der Waals surface area contributed by atoms with Gasteiger partial charge in [-0.05, 0) is 48.4 Å². The van der Waals surface area contributed by atoms with Crippen molar-refractivity contribution < 1.29 is 13.2 Å². The minimum absolute atomic E-state index is 0. The number of methoxy groups -OCH3 is 1. The molecule has 23 heavy (non-hydrogen) atoms. The average Bonchev–Trinajstić information content (AvgIpc) is 2.51. The van der Waals surface area contributed by atoms with Crippen LogP contribution in [0.3, 0.4) is 0 Å². The SMILES string of the molecule is COc1cccc(CNCCc2ccc(S(N)(=O)=O)cc2)c1.Cl. The lowest BCUT2D eigenvalue weighted by Crippen LogP contribution is -2.17. The Hall–Kier alpha value is -1.60. The van der Waals surface area contributed by atoms with E-state index in [1.165, 1.54) is 12.1 Å². The van der Waals surface area contributed by atoms with Gasteiger partial charge in [-0.15, -0.1) is 12.4 Å². The Morgan fingerprint density at radius 1 is 1.09 bits per heavy atom. The third kappa shape index (κ3) is 6.19. The number of nitrogens with one attached hydrogen (secondary N) is 1. The van der Waals surface area contributed by atoms with E-state index in [1.54, 1.807) is 19.2 Å². The second-order valence-corrected chi connectivity index (χ2v) is 6.53. The molecule has 0 aromatic heterocycles. The van der Waals surface area contributed by atoms with Crippen LogP contribution in [0.1, 0.15) is 11.1 Å². The van der Waals surface area contributed by atoms with Crippen LogP contribution in [0.15, 0.2) is 53.4 Å². The van der Waals surface area contributed by atoms with Crippen LogP contribution in [0.4, 0.5) is 0 Å².